The van der Waals surface area contributed by atoms with Crippen LogP contribution in [0.3, 0.4) is 0 Å². The number of rotatable bonds is 4. The van der Waals surface area contributed by atoms with Gasteiger partial charge in [-0.25, -0.2) is 14.6 Å². The molecule has 0 unspecified atom stereocenters. The van der Waals surface area contributed by atoms with E-state index in [9.17, 15) is 9.59 Å². The van der Waals surface area contributed by atoms with Crippen molar-refractivity contribution < 1.29 is 19.1 Å². The molecule has 8 heteroatoms. The molecule has 0 amide bonds. The van der Waals surface area contributed by atoms with E-state index in [-0.39, 0.29) is 5.57 Å². The largest absolute Gasteiger partial charge is 0.419 e. The Hall–Kier alpha value is -2.87. The zero-order valence-corrected chi connectivity index (χ0v) is 16.1. The second kappa shape index (κ2) is 7.27. The Kier molecular flexibility index (Phi) is 4.80. The molecular formula is C20H24N4O4. The Balaban J connectivity index is 1.47. The van der Waals surface area contributed by atoms with E-state index in [0.717, 1.165) is 42.2 Å². The lowest BCUT2D eigenvalue weighted by Gasteiger charge is -2.29. The molecule has 148 valence electrons. The summed E-state index contributed by atoms with van der Waals surface area (Å²) in [6.07, 6.45) is 5.10. The van der Waals surface area contributed by atoms with Crippen molar-refractivity contribution in [3.63, 3.8) is 0 Å². The second-order valence-electron chi connectivity index (χ2n) is 7.63. The van der Waals surface area contributed by atoms with Gasteiger partial charge in [-0.1, -0.05) is 6.42 Å². The summed E-state index contributed by atoms with van der Waals surface area (Å²) in [6.45, 7) is 6.07. The average Bonchev–Trinajstić information content (AvgIpc) is 3.02. The molecule has 0 radical (unpaired) electrons. The number of ether oxygens (including phenoxy) is 2. The highest BCUT2D eigenvalue weighted by atomic mass is 16.7. The van der Waals surface area contributed by atoms with Gasteiger partial charge < -0.3 is 19.8 Å². The summed E-state index contributed by atoms with van der Waals surface area (Å²) in [5, 5.41) is 2.96. The number of imidazole rings is 1. The fourth-order valence-corrected chi connectivity index (χ4v) is 3.49. The van der Waals surface area contributed by atoms with Crippen LogP contribution in [-0.2, 0) is 25.6 Å². The topological polar surface area (TPSA) is 96.5 Å². The lowest BCUT2D eigenvalue weighted by molar-refractivity contribution is -0.222. The van der Waals surface area contributed by atoms with Crippen LogP contribution in [0.2, 0.25) is 0 Å². The van der Waals surface area contributed by atoms with Crippen molar-refractivity contribution in [2.75, 3.05) is 18.4 Å². The maximum Gasteiger partial charge on any atom is 0.350 e. The molecule has 0 saturated carbocycles. The molecule has 2 aromatic rings. The summed E-state index contributed by atoms with van der Waals surface area (Å²) in [5.74, 6) is -1.72. The van der Waals surface area contributed by atoms with Gasteiger partial charge in [0.05, 0.1) is 17.6 Å². The summed E-state index contributed by atoms with van der Waals surface area (Å²) in [5.41, 5.74) is 2.32. The first kappa shape index (κ1) is 18.5. The minimum absolute atomic E-state index is 0.171. The number of esters is 2. The van der Waals surface area contributed by atoms with Crippen molar-refractivity contribution in [1.82, 2.24) is 14.9 Å². The number of hydrogen-bond donors (Lipinski definition) is 2. The van der Waals surface area contributed by atoms with E-state index >= 15 is 0 Å². The number of hydrogen-bond acceptors (Lipinski definition) is 7. The van der Waals surface area contributed by atoms with Crippen LogP contribution >= 0.6 is 0 Å². The zero-order valence-electron chi connectivity index (χ0n) is 16.1. The molecular weight excluding hydrogens is 360 g/mol. The third-order valence-corrected chi connectivity index (χ3v) is 4.85. The van der Waals surface area contributed by atoms with Crippen molar-refractivity contribution in [3.05, 3.63) is 35.8 Å². The third-order valence-electron chi connectivity index (χ3n) is 4.85. The number of cyclic esters (lactones) is 2. The molecule has 2 N–H and O–H groups in total. The molecule has 0 spiro atoms. The smallest absolute Gasteiger partial charge is 0.350 e. The van der Waals surface area contributed by atoms with Crippen molar-refractivity contribution in [3.8, 4) is 0 Å². The lowest BCUT2D eigenvalue weighted by atomic mass is 10.1. The molecule has 28 heavy (non-hydrogen) atoms. The summed E-state index contributed by atoms with van der Waals surface area (Å²) < 4.78 is 10.2. The van der Waals surface area contributed by atoms with Crippen molar-refractivity contribution in [2.24, 2.45) is 0 Å². The summed E-state index contributed by atoms with van der Waals surface area (Å²) in [6, 6.07) is 5.63. The predicted molar refractivity (Wildman–Crippen MR) is 103 cm³/mol. The summed E-state index contributed by atoms with van der Waals surface area (Å²) >= 11 is 0. The molecule has 0 aliphatic carbocycles. The highest BCUT2D eigenvalue weighted by molar-refractivity contribution is 6.15. The van der Waals surface area contributed by atoms with E-state index in [2.05, 4.69) is 20.2 Å². The number of H-pyrrole nitrogens is 1. The van der Waals surface area contributed by atoms with E-state index in [1.165, 1.54) is 39.3 Å². The van der Waals surface area contributed by atoms with Crippen molar-refractivity contribution in [1.29, 1.82) is 0 Å². The fourth-order valence-electron chi connectivity index (χ4n) is 3.49. The third kappa shape index (κ3) is 4.01. The Morgan fingerprint density at radius 1 is 1.18 bits per heavy atom. The first-order valence-corrected chi connectivity index (χ1v) is 9.54. The van der Waals surface area contributed by atoms with E-state index in [1.54, 1.807) is 0 Å². The quantitative estimate of drug-likeness (QED) is 0.475. The molecule has 2 aliphatic rings. The van der Waals surface area contributed by atoms with Crippen molar-refractivity contribution in [2.45, 2.75) is 45.4 Å². The van der Waals surface area contributed by atoms with Gasteiger partial charge in [-0.3, -0.25) is 4.90 Å². The van der Waals surface area contributed by atoms with Gasteiger partial charge in [-0.15, -0.1) is 0 Å². The molecule has 3 heterocycles. The monoisotopic (exact) mass is 384 g/mol. The average molecular weight is 384 g/mol. The number of benzene rings is 1. The number of likely N-dealkylation sites (tertiary alicyclic amines) is 1. The number of carbonyl (C=O) groups is 2. The minimum Gasteiger partial charge on any atom is -0.419 e. The number of fused-ring (bicyclic) bond motifs is 1. The van der Waals surface area contributed by atoms with Crippen LogP contribution in [0.25, 0.3) is 11.0 Å². The minimum atomic E-state index is -1.24. The van der Waals surface area contributed by atoms with Gasteiger partial charge in [0.2, 0.25) is 0 Å². The lowest BCUT2D eigenvalue weighted by Crippen LogP contribution is -2.42. The van der Waals surface area contributed by atoms with E-state index in [4.69, 9.17) is 9.47 Å². The zero-order chi connectivity index (χ0) is 19.7. The van der Waals surface area contributed by atoms with E-state index < -0.39 is 17.7 Å². The number of piperidine rings is 1. The molecule has 1 aromatic carbocycles. The number of nitrogens with one attached hydrogen (secondary N) is 2. The molecule has 4 rings (SSSR count). The van der Waals surface area contributed by atoms with Gasteiger partial charge in [0.25, 0.3) is 5.79 Å². The van der Waals surface area contributed by atoms with Crippen LogP contribution in [0.4, 0.5) is 5.69 Å². The molecule has 2 saturated heterocycles. The van der Waals surface area contributed by atoms with Crippen LogP contribution in [0.1, 0.15) is 38.9 Å². The SMILES string of the molecule is CC1(C)OC(=O)C(=CNc2ccc3nc(CN4CCCCC4)[nH]c3c2)C(=O)O1. The van der Waals surface area contributed by atoms with Gasteiger partial charge in [-0.05, 0) is 44.1 Å². The molecule has 8 nitrogen and oxygen atoms in total. The maximum atomic E-state index is 12.0. The predicted octanol–water partition coefficient (Wildman–Crippen LogP) is 2.68. The van der Waals surface area contributed by atoms with Gasteiger partial charge in [0.1, 0.15) is 5.82 Å². The molecule has 0 atom stereocenters. The maximum absolute atomic E-state index is 12.0. The van der Waals surface area contributed by atoms with Gasteiger partial charge in [0.15, 0.2) is 5.57 Å². The standard InChI is InChI=1S/C20H24N4O4/c1-20(2)27-18(25)14(19(26)28-20)11-21-13-6-7-15-16(10-13)23-17(22-15)12-24-8-4-3-5-9-24/h6-7,10-11,21H,3-5,8-9,12H2,1-2H3,(H,22,23). The van der Waals surface area contributed by atoms with Crippen LogP contribution in [0.15, 0.2) is 30.0 Å². The highest BCUT2D eigenvalue weighted by Crippen LogP contribution is 2.23. The van der Waals surface area contributed by atoms with E-state index in [1.807, 2.05) is 18.2 Å². The normalized spacial score (nSPS) is 20.0. The Morgan fingerprint density at radius 2 is 1.89 bits per heavy atom. The Bertz CT molecular complexity index is 919. The Morgan fingerprint density at radius 3 is 2.61 bits per heavy atom. The summed E-state index contributed by atoms with van der Waals surface area (Å²) in [4.78, 5) is 34.4. The number of aromatic nitrogens is 2. The number of nitrogens with zero attached hydrogens (tertiary/aromatic N) is 2. The number of aromatic amines is 1. The van der Waals surface area contributed by atoms with Crippen LogP contribution in [-0.4, -0.2) is 45.7 Å². The highest BCUT2D eigenvalue weighted by Gasteiger charge is 2.38. The van der Waals surface area contributed by atoms with Gasteiger partial charge >= 0.3 is 11.9 Å². The first-order chi connectivity index (χ1) is 13.4. The number of anilines is 1. The molecule has 0 bridgehead atoms. The summed E-state index contributed by atoms with van der Waals surface area (Å²) in [7, 11) is 0. The van der Waals surface area contributed by atoms with Gasteiger partial charge in [0, 0.05) is 25.7 Å². The van der Waals surface area contributed by atoms with E-state index in [0.29, 0.717) is 0 Å². The molecule has 2 fully saturated rings. The molecule has 1 aromatic heterocycles. The first-order valence-electron chi connectivity index (χ1n) is 9.54. The number of carbonyl (C=O) groups excluding carboxylic acids is 2. The van der Waals surface area contributed by atoms with Gasteiger partial charge in [-0.2, -0.15) is 0 Å². The van der Waals surface area contributed by atoms with Crippen molar-refractivity contribution >= 4 is 28.7 Å². The van der Waals surface area contributed by atoms with Crippen LogP contribution < -0.4 is 5.32 Å². The van der Waals surface area contributed by atoms with Crippen LogP contribution in [0.5, 0.6) is 0 Å². The fraction of sp³-hybridized carbons (Fsp3) is 0.450. The molecule has 2 aliphatic heterocycles. The Labute approximate surface area is 162 Å². The van der Waals surface area contributed by atoms with Crippen LogP contribution in [0, 0.1) is 0 Å². The second-order valence-corrected chi connectivity index (χ2v) is 7.63.